The van der Waals surface area contributed by atoms with Gasteiger partial charge in [-0.25, -0.2) is 4.39 Å². The van der Waals surface area contributed by atoms with E-state index in [0.29, 0.717) is 12.6 Å². The van der Waals surface area contributed by atoms with Crippen molar-refractivity contribution in [2.24, 2.45) is 0 Å². The topological polar surface area (TPSA) is 29.4 Å². The number of benzene rings is 1. The summed E-state index contributed by atoms with van der Waals surface area (Å²) in [5.41, 5.74) is 2.30. The second-order valence-corrected chi connectivity index (χ2v) is 7.23. The fraction of sp³-hybridized carbons (Fsp3) is 0.600. The number of hydrogen-bond donors (Lipinski definition) is 1. The van der Waals surface area contributed by atoms with Crippen LogP contribution < -0.4 is 5.32 Å². The molecule has 2 fully saturated rings. The van der Waals surface area contributed by atoms with E-state index >= 15 is 0 Å². The lowest BCUT2D eigenvalue weighted by Gasteiger charge is -2.39. The molecule has 0 radical (unpaired) electrons. The number of nitrogens with zero attached hydrogens (tertiary/aromatic N) is 2. The predicted molar refractivity (Wildman–Crippen MR) is 100.0 cm³/mol. The Bertz CT molecular complexity index is 687. The summed E-state index contributed by atoms with van der Waals surface area (Å²) < 4.78 is 20.2. The summed E-state index contributed by atoms with van der Waals surface area (Å²) in [4.78, 5) is 2.61. The molecule has 2 aliphatic rings. The van der Waals surface area contributed by atoms with E-state index in [0.717, 1.165) is 37.9 Å². The van der Waals surface area contributed by atoms with Gasteiger partial charge in [0.2, 0.25) is 0 Å². The molecule has 0 bridgehead atoms. The van der Waals surface area contributed by atoms with Crippen molar-refractivity contribution in [3.8, 4) is 0 Å². The summed E-state index contributed by atoms with van der Waals surface area (Å²) >= 11 is 0. The van der Waals surface area contributed by atoms with Gasteiger partial charge in [-0.2, -0.15) is 0 Å². The van der Waals surface area contributed by atoms with E-state index in [1.54, 1.807) is 0 Å². The van der Waals surface area contributed by atoms with Crippen LogP contribution in [0.5, 0.6) is 0 Å². The summed E-state index contributed by atoms with van der Waals surface area (Å²) in [6, 6.07) is 9.66. The Balaban J connectivity index is 1.39. The monoisotopic (exact) mass is 345 g/mol. The minimum atomic E-state index is -0.326. The Labute approximate surface area is 148 Å². The first kappa shape index (κ1) is 16.9. The highest BCUT2D eigenvalue weighted by Crippen LogP contribution is 2.30. The molecule has 1 N–H and O–H groups in total. The lowest BCUT2D eigenvalue weighted by atomic mass is 9.89. The van der Waals surface area contributed by atoms with Crippen molar-refractivity contribution in [2.75, 3.05) is 38.3 Å². The molecule has 2 heterocycles. The minimum absolute atomic E-state index is 0.326. The molecule has 5 heteroatoms. The van der Waals surface area contributed by atoms with Crippen LogP contribution in [0.2, 0.25) is 0 Å². The fourth-order valence-corrected chi connectivity index (χ4v) is 4.38. The average molecular weight is 345 g/mol. The number of aromatic nitrogens is 1. The number of halogens is 1. The predicted octanol–water partition coefficient (Wildman–Crippen LogP) is 3.67. The second-order valence-electron chi connectivity index (χ2n) is 7.23. The molecule has 1 aliphatic heterocycles. The van der Waals surface area contributed by atoms with Crippen molar-refractivity contribution in [3.05, 3.63) is 30.5 Å². The Morgan fingerprint density at radius 3 is 2.64 bits per heavy atom. The maximum atomic E-state index is 12.7. The number of morpholine rings is 1. The number of anilines is 1. The number of aryl methyl sites for hydroxylation is 1. The summed E-state index contributed by atoms with van der Waals surface area (Å²) in [6.45, 7) is 4.05. The fourth-order valence-electron chi connectivity index (χ4n) is 4.38. The number of alkyl halides is 1. The van der Waals surface area contributed by atoms with Crippen molar-refractivity contribution in [1.29, 1.82) is 0 Å². The first-order valence-electron chi connectivity index (χ1n) is 9.57. The SMILES string of the molecule is FCCn1ccc2c(NC3CCC(N4CCOCC4)CC3)cccc21. The van der Waals surface area contributed by atoms with Gasteiger partial charge in [-0.1, -0.05) is 6.07 Å². The molecule has 4 nitrogen and oxygen atoms in total. The van der Waals surface area contributed by atoms with Crippen LogP contribution in [0.4, 0.5) is 10.1 Å². The molecule has 0 unspecified atom stereocenters. The maximum absolute atomic E-state index is 12.7. The Hall–Kier alpha value is -1.59. The normalized spacial score (nSPS) is 25.3. The van der Waals surface area contributed by atoms with Crippen LogP contribution in [0.3, 0.4) is 0 Å². The number of nitrogens with one attached hydrogen (secondary N) is 1. The molecule has 1 saturated heterocycles. The molecule has 2 aromatic rings. The van der Waals surface area contributed by atoms with E-state index in [-0.39, 0.29) is 6.67 Å². The standard InChI is InChI=1S/C20H28FN3O/c21-9-11-24-10-8-18-19(2-1-3-20(18)24)22-16-4-6-17(7-5-16)23-12-14-25-15-13-23/h1-3,8,10,16-17,22H,4-7,9,11-15H2. The highest BCUT2D eigenvalue weighted by Gasteiger charge is 2.27. The van der Waals surface area contributed by atoms with E-state index in [2.05, 4.69) is 34.5 Å². The van der Waals surface area contributed by atoms with Crippen molar-refractivity contribution in [3.63, 3.8) is 0 Å². The number of hydrogen-bond acceptors (Lipinski definition) is 3. The minimum Gasteiger partial charge on any atom is -0.382 e. The zero-order valence-electron chi connectivity index (χ0n) is 14.8. The molecular formula is C20H28FN3O. The van der Waals surface area contributed by atoms with E-state index < -0.39 is 0 Å². The van der Waals surface area contributed by atoms with Crippen molar-refractivity contribution >= 4 is 16.6 Å². The Morgan fingerprint density at radius 2 is 1.88 bits per heavy atom. The second kappa shape index (κ2) is 7.75. The van der Waals surface area contributed by atoms with E-state index in [4.69, 9.17) is 4.74 Å². The lowest BCUT2D eigenvalue weighted by molar-refractivity contribution is 0.00791. The van der Waals surface area contributed by atoms with Crippen molar-refractivity contribution < 1.29 is 9.13 Å². The Morgan fingerprint density at radius 1 is 1.08 bits per heavy atom. The van der Waals surface area contributed by atoms with Crippen LogP contribution in [0.15, 0.2) is 30.5 Å². The van der Waals surface area contributed by atoms with Gasteiger partial charge in [-0.05, 0) is 43.9 Å². The van der Waals surface area contributed by atoms with E-state index in [9.17, 15) is 4.39 Å². The van der Waals surface area contributed by atoms with E-state index in [1.807, 2.05) is 10.8 Å². The van der Waals surface area contributed by atoms with Gasteiger partial charge >= 0.3 is 0 Å². The third-order valence-corrected chi connectivity index (χ3v) is 5.76. The van der Waals surface area contributed by atoms with Gasteiger partial charge in [0, 0.05) is 42.4 Å². The van der Waals surface area contributed by atoms with Gasteiger partial charge in [0.25, 0.3) is 0 Å². The average Bonchev–Trinajstić information content (AvgIpc) is 3.08. The van der Waals surface area contributed by atoms with Gasteiger partial charge in [0.05, 0.1) is 25.3 Å². The number of rotatable bonds is 5. The molecule has 0 spiro atoms. The van der Waals surface area contributed by atoms with Gasteiger partial charge in [0.15, 0.2) is 0 Å². The summed E-state index contributed by atoms with van der Waals surface area (Å²) in [7, 11) is 0. The third kappa shape index (κ3) is 3.67. The molecule has 1 aromatic carbocycles. The number of fused-ring (bicyclic) bond motifs is 1. The summed E-state index contributed by atoms with van der Waals surface area (Å²) in [5, 5.41) is 4.95. The molecule has 136 valence electrons. The maximum Gasteiger partial charge on any atom is 0.107 e. The number of ether oxygens (including phenoxy) is 1. The van der Waals surface area contributed by atoms with Gasteiger partial charge in [0.1, 0.15) is 6.67 Å². The van der Waals surface area contributed by atoms with Crippen LogP contribution in [0.25, 0.3) is 10.9 Å². The highest BCUT2D eigenvalue weighted by molar-refractivity contribution is 5.92. The van der Waals surface area contributed by atoms with Gasteiger partial charge < -0.3 is 14.6 Å². The van der Waals surface area contributed by atoms with E-state index in [1.165, 1.54) is 36.8 Å². The van der Waals surface area contributed by atoms with Crippen LogP contribution in [-0.2, 0) is 11.3 Å². The smallest absolute Gasteiger partial charge is 0.107 e. The van der Waals surface area contributed by atoms with Crippen LogP contribution in [0.1, 0.15) is 25.7 Å². The molecule has 25 heavy (non-hydrogen) atoms. The highest BCUT2D eigenvalue weighted by atomic mass is 19.1. The molecule has 0 amide bonds. The molecular weight excluding hydrogens is 317 g/mol. The molecule has 0 atom stereocenters. The molecule has 1 aliphatic carbocycles. The van der Waals surface area contributed by atoms with Crippen molar-refractivity contribution in [1.82, 2.24) is 9.47 Å². The Kier molecular flexibility index (Phi) is 5.22. The first-order chi connectivity index (χ1) is 12.3. The molecule has 4 rings (SSSR count). The zero-order valence-corrected chi connectivity index (χ0v) is 14.8. The van der Waals surface area contributed by atoms with Crippen LogP contribution in [-0.4, -0.2) is 54.5 Å². The first-order valence-corrected chi connectivity index (χ1v) is 9.57. The quantitative estimate of drug-likeness (QED) is 0.897. The third-order valence-electron chi connectivity index (χ3n) is 5.76. The van der Waals surface area contributed by atoms with Gasteiger partial charge in [-0.3, -0.25) is 4.90 Å². The largest absolute Gasteiger partial charge is 0.382 e. The van der Waals surface area contributed by atoms with Gasteiger partial charge in [-0.15, -0.1) is 0 Å². The molecule has 1 saturated carbocycles. The van der Waals surface area contributed by atoms with Crippen LogP contribution in [0, 0.1) is 0 Å². The summed E-state index contributed by atoms with van der Waals surface area (Å²) in [5.74, 6) is 0. The summed E-state index contributed by atoms with van der Waals surface area (Å²) in [6.07, 6.45) is 6.94. The van der Waals surface area contributed by atoms with Crippen molar-refractivity contribution in [2.45, 2.75) is 44.3 Å². The zero-order chi connectivity index (χ0) is 17.1. The lowest BCUT2D eigenvalue weighted by Crippen LogP contribution is -2.46. The van der Waals surface area contributed by atoms with Crippen LogP contribution >= 0.6 is 0 Å². The molecule has 1 aromatic heterocycles.